The van der Waals surface area contributed by atoms with Crippen LogP contribution in [0.3, 0.4) is 0 Å². The number of benzene rings is 1. The summed E-state index contributed by atoms with van der Waals surface area (Å²) in [6.45, 7) is 1.93. The predicted molar refractivity (Wildman–Crippen MR) is 56.4 cm³/mol. The summed E-state index contributed by atoms with van der Waals surface area (Å²) < 4.78 is 0. The zero-order chi connectivity index (χ0) is 11.3. The quantitative estimate of drug-likeness (QED) is 0.817. The van der Waals surface area contributed by atoms with Crippen molar-refractivity contribution in [2.45, 2.75) is 25.7 Å². The number of aryl methyl sites for hydroxylation is 1. The highest BCUT2D eigenvalue weighted by Crippen LogP contribution is 2.23. The molecule has 1 unspecified atom stereocenters. The summed E-state index contributed by atoms with van der Waals surface area (Å²) in [5, 5.41) is 17.5. The van der Waals surface area contributed by atoms with Gasteiger partial charge in [0.25, 0.3) is 0 Å². The van der Waals surface area contributed by atoms with Crippen molar-refractivity contribution in [1.82, 2.24) is 0 Å². The van der Waals surface area contributed by atoms with Crippen LogP contribution in [0.2, 0.25) is 0 Å². The van der Waals surface area contributed by atoms with Gasteiger partial charge in [0.15, 0.2) is 0 Å². The van der Waals surface area contributed by atoms with Gasteiger partial charge in [-0.05, 0) is 24.5 Å². The van der Waals surface area contributed by atoms with Crippen LogP contribution in [0, 0.1) is 18.3 Å². The second-order valence-corrected chi connectivity index (χ2v) is 3.47. The molecule has 1 aromatic rings. The molecule has 0 aliphatic rings. The molecule has 0 aliphatic heterocycles. The van der Waals surface area contributed by atoms with E-state index in [9.17, 15) is 4.79 Å². The average Bonchev–Trinajstić information content (AvgIpc) is 2.21. The molecule has 0 saturated carbocycles. The molecule has 0 spiro atoms. The minimum atomic E-state index is -0.858. The Morgan fingerprint density at radius 3 is 2.73 bits per heavy atom. The SMILES string of the molecule is Cc1ccccc1C(C#N)CCC(=O)O. The number of hydrogen-bond donors (Lipinski definition) is 1. The van der Waals surface area contributed by atoms with Crippen LogP contribution in [-0.2, 0) is 4.79 Å². The van der Waals surface area contributed by atoms with Crippen LogP contribution in [0.4, 0.5) is 0 Å². The molecule has 0 saturated heterocycles. The van der Waals surface area contributed by atoms with Gasteiger partial charge in [-0.1, -0.05) is 24.3 Å². The maximum absolute atomic E-state index is 10.4. The summed E-state index contributed by atoms with van der Waals surface area (Å²) in [6, 6.07) is 9.74. The summed E-state index contributed by atoms with van der Waals surface area (Å²) in [5.41, 5.74) is 1.97. The van der Waals surface area contributed by atoms with Crippen LogP contribution in [-0.4, -0.2) is 11.1 Å². The number of aliphatic carboxylic acids is 1. The topological polar surface area (TPSA) is 61.1 Å². The van der Waals surface area contributed by atoms with E-state index in [0.29, 0.717) is 6.42 Å². The van der Waals surface area contributed by atoms with Crippen LogP contribution in [0.25, 0.3) is 0 Å². The Morgan fingerprint density at radius 1 is 1.53 bits per heavy atom. The number of carboxylic acids is 1. The highest BCUT2D eigenvalue weighted by molar-refractivity contribution is 5.66. The molecule has 3 heteroatoms. The molecule has 0 aliphatic carbocycles. The molecule has 0 bridgehead atoms. The molecular weight excluding hydrogens is 190 g/mol. The molecule has 0 radical (unpaired) electrons. The average molecular weight is 203 g/mol. The lowest BCUT2D eigenvalue weighted by atomic mass is 9.92. The maximum atomic E-state index is 10.4. The van der Waals surface area contributed by atoms with E-state index in [1.54, 1.807) is 0 Å². The first-order valence-electron chi connectivity index (χ1n) is 4.82. The van der Waals surface area contributed by atoms with Gasteiger partial charge in [-0.3, -0.25) is 4.79 Å². The molecule has 1 N–H and O–H groups in total. The predicted octanol–water partition coefficient (Wildman–Crippen LogP) is 2.47. The highest BCUT2D eigenvalue weighted by Gasteiger charge is 2.13. The van der Waals surface area contributed by atoms with E-state index in [4.69, 9.17) is 10.4 Å². The lowest BCUT2D eigenvalue weighted by Crippen LogP contribution is -2.02. The van der Waals surface area contributed by atoms with Crippen LogP contribution in [0.5, 0.6) is 0 Å². The Kier molecular flexibility index (Phi) is 3.87. The normalized spacial score (nSPS) is 11.7. The van der Waals surface area contributed by atoms with E-state index in [2.05, 4.69) is 6.07 Å². The fraction of sp³-hybridized carbons (Fsp3) is 0.333. The van der Waals surface area contributed by atoms with Crippen molar-refractivity contribution in [3.8, 4) is 6.07 Å². The second kappa shape index (κ2) is 5.16. The number of hydrogen-bond acceptors (Lipinski definition) is 2. The number of carbonyl (C=O) groups is 1. The van der Waals surface area contributed by atoms with Crippen molar-refractivity contribution < 1.29 is 9.90 Å². The lowest BCUT2D eigenvalue weighted by Gasteiger charge is -2.10. The summed E-state index contributed by atoms with van der Waals surface area (Å²) in [7, 11) is 0. The number of nitriles is 1. The second-order valence-electron chi connectivity index (χ2n) is 3.47. The van der Waals surface area contributed by atoms with Crippen LogP contribution in [0.1, 0.15) is 29.9 Å². The summed E-state index contributed by atoms with van der Waals surface area (Å²) >= 11 is 0. The number of nitrogens with zero attached hydrogens (tertiary/aromatic N) is 1. The molecule has 1 rings (SSSR count). The van der Waals surface area contributed by atoms with E-state index in [-0.39, 0.29) is 12.3 Å². The first-order chi connectivity index (χ1) is 7.15. The Morgan fingerprint density at radius 2 is 2.20 bits per heavy atom. The van der Waals surface area contributed by atoms with Crippen molar-refractivity contribution in [1.29, 1.82) is 5.26 Å². The van der Waals surface area contributed by atoms with Gasteiger partial charge in [0.1, 0.15) is 0 Å². The van der Waals surface area contributed by atoms with Gasteiger partial charge in [-0.15, -0.1) is 0 Å². The molecule has 1 atom stereocenters. The third-order valence-electron chi connectivity index (χ3n) is 2.37. The number of rotatable bonds is 4. The minimum absolute atomic E-state index is 0.0343. The fourth-order valence-corrected chi connectivity index (χ4v) is 1.54. The molecule has 0 fully saturated rings. The molecule has 78 valence electrons. The molecule has 3 nitrogen and oxygen atoms in total. The van der Waals surface area contributed by atoms with Crippen molar-refractivity contribution in [3.63, 3.8) is 0 Å². The standard InChI is InChI=1S/C12H13NO2/c1-9-4-2-3-5-11(9)10(8-13)6-7-12(14)15/h2-5,10H,6-7H2,1H3,(H,14,15). The Hall–Kier alpha value is -1.82. The zero-order valence-electron chi connectivity index (χ0n) is 8.60. The highest BCUT2D eigenvalue weighted by atomic mass is 16.4. The zero-order valence-corrected chi connectivity index (χ0v) is 8.60. The Labute approximate surface area is 89.0 Å². The van der Waals surface area contributed by atoms with Crippen molar-refractivity contribution in [2.24, 2.45) is 0 Å². The maximum Gasteiger partial charge on any atom is 0.303 e. The van der Waals surface area contributed by atoms with Gasteiger partial charge < -0.3 is 5.11 Å². The largest absolute Gasteiger partial charge is 0.481 e. The monoisotopic (exact) mass is 203 g/mol. The third-order valence-corrected chi connectivity index (χ3v) is 2.37. The fourth-order valence-electron chi connectivity index (χ4n) is 1.54. The van der Waals surface area contributed by atoms with Crippen molar-refractivity contribution in [3.05, 3.63) is 35.4 Å². The van der Waals surface area contributed by atoms with E-state index in [1.165, 1.54) is 0 Å². The summed E-state index contributed by atoms with van der Waals surface area (Å²) in [6.07, 6.45) is 0.406. The lowest BCUT2D eigenvalue weighted by molar-refractivity contribution is -0.137. The van der Waals surface area contributed by atoms with Gasteiger partial charge in [0.05, 0.1) is 12.0 Å². The minimum Gasteiger partial charge on any atom is -0.481 e. The van der Waals surface area contributed by atoms with Crippen molar-refractivity contribution in [2.75, 3.05) is 0 Å². The number of carboxylic acid groups (broad SMARTS) is 1. The van der Waals surface area contributed by atoms with Crippen molar-refractivity contribution >= 4 is 5.97 Å². The van der Waals surface area contributed by atoms with E-state index >= 15 is 0 Å². The molecule has 15 heavy (non-hydrogen) atoms. The molecule has 0 aromatic heterocycles. The van der Waals surface area contributed by atoms with Gasteiger partial charge in [-0.2, -0.15) is 5.26 Å². The Balaban J connectivity index is 2.80. The van der Waals surface area contributed by atoms with Crippen LogP contribution >= 0.6 is 0 Å². The third kappa shape index (κ3) is 3.10. The smallest absolute Gasteiger partial charge is 0.303 e. The summed E-state index contributed by atoms with van der Waals surface area (Å²) in [4.78, 5) is 10.4. The van der Waals surface area contributed by atoms with E-state index in [1.807, 2.05) is 31.2 Å². The van der Waals surface area contributed by atoms with Gasteiger partial charge in [-0.25, -0.2) is 0 Å². The van der Waals surface area contributed by atoms with E-state index < -0.39 is 5.97 Å². The van der Waals surface area contributed by atoms with Crippen LogP contribution in [0.15, 0.2) is 24.3 Å². The van der Waals surface area contributed by atoms with Gasteiger partial charge in [0, 0.05) is 6.42 Å². The van der Waals surface area contributed by atoms with E-state index in [0.717, 1.165) is 11.1 Å². The first kappa shape index (κ1) is 11.3. The van der Waals surface area contributed by atoms with Crippen LogP contribution < -0.4 is 0 Å². The molecule has 1 aromatic carbocycles. The van der Waals surface area contributed by atoms with Gasteiger partial charge in [0.2, 0.25) is 0 Å². The first-order valence-corrected chi connectivity index (χ1v) is 4.82. The molecule has 0 heterocycles. The molecule has 0 amide bonds. The summed E-state index contributed by atoms with van der Waals surface area (Å²) in [5.74, 6) is -1.17. The van der Waals surface area contributed by atoms with Gasteiger partial charge >= 0.3 is 5.97 Å². The molecular formula is C12H13NO2. The Bertz CT molecular complexity index is 393.